The van der Waals surface area contributed by atoms with E-state index in [1.807, 2.05) is 5.32 Å². The Bertz CT molecular complexity index is 868. The van der Waals surface area contributed by atoms with Crippen LogP contribution in [0.25, 0.3) is 0 Å². The third kappa shape index (κ3) is 15.6. The zero-order valence-corrected chi connectivity index (χ0v) is 25.0. The fourth-order valence-corrected chi connectivity index (χ4v) is 4.69. The molecule has 0 aliphatic heterocycles. The SMILES string of the molecule is COC(COP(=O)(NCC(=O)OC(C)C)OCCSC(=O)C(C)(C)C)CC(F)N(C)/C=C(/C)C(=O)NC=O. The molecule has 220 valence electrons. The lowest BCUT2D eigenvalue weighted by atomic mass is 10.00. The molecule has 0 saturated heterocycles. The molecule has 0 spiro atoms. The van der Waals surface area contributed by atoms with Gasteiger partial charge in [-0.25, -0.2) is 14.0 Å². The van der Waals surface area contributed by atoms with Gasteiger partial charge in [0, 0.05) is 43.5 Å². The van der Waals surface area contributed by atoms with Crippen LogP contribution < -0.4 is 10.4 Å². The average Bonchev–Trinajstić information content (AvgIpc) is 2.82. The van der Waals surface area contributed by atoms with Gasteiger partial charge in [-0.15, -0.1) is 0 Å². The molecular formula is C23H41FN3O9PS. The van der Waals surface area contributed by atoms with Crippen LogP contribution in [0.15, 0.2) is 11.8 Å². The van der Waals surface area contributed by atoms with E-state index in [-0.39, 0.29) is 48.6 Å². The lowest BCUT2D eigenvalue weighted by molar-refractivity contribution is -0.146. The molecule has 0 aromatic rings. The summed E-state index contributed by atoms with van der Waals surface area (Å²) >= 11 is 1.01. The summed E-state index contributed by atoms with van der Waals surface area (Å²) in [4.78, 5) is 47.2. The second-order valence-corrected chi connectivity index (χ2v) is 12.4. The first-order valence-electron chi connectivity index (χ1n) is 11.9. The number of carbonyl (C=O) groups is 4. The van der Waals surface area contributed by atoms with E-state index in [1.54, 1.807) is 34.6 Å². The molecule has 38 heavy (non-hydrogen) atoms. The number of alkyl halides is 1. The van der Waals surface area contributed by atoms with E-state index < -0.39 is 44.0 Å². The smallest absolute Gasteiger partial charge is 0.406 e. The predicted octanol–water partition coefficient (Wildman–Crippen LogP) is 2.78. The summed E-state index contributed by atoms with van der Waals surface area (Å²) < 4.78 is 49.2. The standard InChI is InChI=1S/C23H41FN3O9PS/c1-16(2)36-20(29)12-26-37(32,34-9-10-38-22(31)23(4,5)6)35-14-18(33-8)11-19(24)27(7)13-17(3)21(30)25-15-28/h13,15-16,18-19H,9-12,14H2,1-8H3,(H,26,32)(H,25,28,30)/b17-13-. The van der Waals surface area contributed by atoms with Crippen molar-refractivity contribution in [1.29, 1.82) is 0 Å². The molecule has 0 aliphatic rings. The number of nitrogens with one attached hydrogen (secondary N) is 2. The van der Waals surface area contributed by atoms with Crippen LogP contribution in [0.1, 0.15) is 48.0 Å². The molecule has 0 radical (unpaired) electrons. The number of rotatable bonds is 18. The van der Waals surface area contributed by atoms with Crippen molar-refractivity contribution in [2.24, 2.45) is 5.41 Å². The highest BCUT2D eigenvalue weighted by Crippen LogP contribution is 2.44. The molecule has 0 bridgehead atoms. The number of hydrogen-bond acceptors (Lipinski definition) is 11. The maximum atomic E-state index is 14.8. The number of halogens is 1. The van der Waals surface area contributed by atoms with Crippen molar-refractivity contribution in [1.82, 2.24) is 15.3 Å². The van der Waals surface area contributed by atoms with Crippen LogP contribution in [0.2, 0.25) is 0 Å². The Balaban J connectivity index is 5.21. The lowest BCUT2D eigenvalue weighted by Crippen LogP contribution is -2.33. The van der Waals surface area contributed by atoms with Crippen molar-refractivity contribution in [3.05, 3.63) is 11.8 Å². The summed E-state index contributed by atoms with van der Waals surface area (Å²) in [5.41, 5.74) is -0.456. The zero-order valence-electron chi connectivity index (χ0n) is 23.3. The molecule has 12 nitrogen and oxygen atoms in total. The topological polar surface area (TPSA) is 150 Å². The van der Waals surface area contributed by atoms with E-state index in [0.29, 0.717) is 0 Å². The van der Waals surface area contributed by atoms with Gasteiger partial charge in [0.25, 0.3) is 5.91 Å². The Morgan fingerprint density at radius 2 is 1.82 bits per heavy atom. The molecule has 0 fully saturated rings. The van der Waals surface area contributed by atoms with E-state index >= 15 is 0 Å². The van der Waals surface area contributed by atoms with Crippen LogP contribution in [0.5, 0.6) is 0 Å². The minimum Gasteiger partial charge on any atom is -0.462 e. The van der Waals surface area contributed by atoms with E-state index in [9.17, 15) is 28.1 Å². The monoisotopic (exact) mass is 585 g/mol. The molecule has 15 heteroatoms. The van der Waals surface area contributed by atoms with Crippen LogP contribution in [0.4, 0.5) is 4.39 Å². The van der Waals surface area contributed by atoms with Crippen LogP contribution in [-0.2, 0) is 42.3 Å². The molecule has 0 aromatic heterocycles. The molecule has 2 amide bonds. The first-order chi connectivity index (χ1) is 17.5. The van der Waals surface area contributed by atoms with Gasteiger partial charge in [0.2, 0.25) is 6.41 Å². The summed E-state index contributed by atoms with van der Waals surface area (Å²) in [6, 6.07) is 0. The van der Waals surface area contributed by atoms with Gasteiger partial charge in [-0.3, -0.25) is 33.5 Å². The summed E-state index contributed by atoms with van der Waals surface area (Å²) in [5, 5.41) is 4.31. The van der Waals surface area contributed by atoms with Gasteiger partial charge in [-0.05, 0) is 20.8 Å². The van der Waals surface area contributed by atoms with Crippen molar-refractivity contribution in [2.45, 2.75) is 66.5 Å². The highest BCUT2D eigenvalue weighted by molar-refractivity contribution is 8.13. The molecular weight excluding hydrogens is 544 g/mol. The van der Waals surface area contributed by atoms with Gasteiger partial charge in [0.05, 0.1) is 25.4 Å². The van der Waals surface area contributed by atoms with Crippen molar-refractivity contribution >= 4 is 42.9 Å². The molecule has 3 unspecified atom stereocenters. The summed E-state index contributed by atoms with van der Waals surface area (Å²) in [5.74, 6) is -1.16. The van der Waals surface area contributed by atoms with Crippen LogP contribution in [0.3, 0.4) is 0 Å². The number of imide groups is 1. The van der Waals surface area contributed by atoms with Crippen molar-refractivity contribution in [3.63, 3.8) is 0 Å². The quantitative estimate of drug-likeness (QED) is 0.0608. The number of thioether (sulfide) groups is 1. The maximum Gasteiger partial charge on any atom is 0.406 e. The van der Waals surface area contributed by atoms with Gasteiger partial charge in [0.1, 0.15) is 6.54 Å². The first-order valence-corrected chi connectivity index (χ1v) is 14.4. The maximum absolute atomic E-state index is 14.8. The Hall–Kier alpha value is -1.83. The number of hydrogen-bond donors (Lipinski definition) is 2. The van der Waals surface area contributed by atoms with Crippen molar-refractivity contribution in [2.75, 3.05) is 39.7 Å². The molecule has 2 N–H and O–H groups in total. The number of nitrogens with zero attached hydrogens (tertiary/aromatic N) is 1. The van der Waals surface area contributed by atoms with E-state index in [1.165, 1.54) is 27.3 Å². The fourth-order valence-electron chi connectivity index (χ4n) is 2.51. The minimum atomic E-state index is -4.08. The van der Waals surface area contributed by atoms with E-state index in [2.05, 4.69) is 5.09 Å². The molecule has 0 aromatic carbocycles. The zero-order chi connectivity index (χ0) is 29.5. The molecule has 0 aliphatic carbocycles. The molecule has 0 heterocycles. The predicted molar refractivity (Wildman–Crippen MR) is 142 cm³/mol. The summed E-state index contributed by atoms with van der Waals surface area (Å²) in [7, 11) is -1.38. The second kappa shape index (κ2) is 17.7. The number of methoxy groups -OCH3 is 1. The molecule has 0 saturated carbocycles. The number of esters is 1. The van der Waals surface area contributed by atoms with Crippen molar-refractivity contribution in [3.8, 4) is 0 Å². The van der Waals surface area contributed by atoms with Gasteiger partial charge in [-0.1, -0.05) is 32.5 Å². The highest BCUT2D eigenvalue weighted by Gasteiger charge is 2.30. The van der Waals surface area contributed by atoms with Gasteiger partial charge in [0.15, 0.2) is 11.4 Å². The molecule has 0 rings (SSSR count). The fraction of sp³-hybridized carbons (Fsp3) is 0.739. The third-order valence-electron chi connectivity index (χ3n) is 4.58. The number of ether oxygens (including phenoxy) is 2. The van der Waals surface area contributed by atoms with Gasteiger partial charge < -0.3 is 14.4 Å². The van der Waals surface area contributed by atoms with Crippen LogP contribution in [-0.4, -0.2) is 86.5 Å². The Morgan fingerprint density at radius 3 is 2.34 bits per heavy atom. The van der Waals surface area contributed by atoms with Crippen LogP contribution in [0, 0.1) is 5.41 Å². The van der Waals surface area contributed by atoms with Crippen LogP contribution >= 0.6 is 19.5 Å². The first kappa shape index (κ1) is 36.2. The van der Waals surface area contributed by atoms with Gasteiger partial charge in [-0.2, -0.15) is 0 Å². The number of amides is 2. The largest absolute Gasteiger partial charge is 0.462 e. The Kier molecular flexibility index (Phi) is 16.8. The normalized spacial score (nSPS) is 15.4. The summed E-state index contributed by atoms with van der Waals surface area (Å²) in [6.45, 7) is 9.09. The highest BCUT2D eigenvalue weighted by atomic mass is 32.2. The lowest BCUT2D eigenvalue weighted by Gasteiger charge is -2.26. The Morgan fingerprint density at radius 1 is 1.18 bits per heavy atom. The minimum absolute atomic E-state index is 0.0733. The van der Waals surface area contributed by atoms with E-state index in [4.69, 9.17) is 18.5 Å². The second-order valence-electron chi connectivity index (χ2n) is 9.48. The average molecular weight is 586 g/mol. The molecule has 3 atom stereocenters. The van der Waals surface area contributed by atoms with Gasteiger partial charge >= 0.3 is 13.7 Å². The van der Waals surface area contributed by atoms with E-state index in [0.717, 1.165) is 16.7 Å². The van der Waals surface area contributed by atoms with Crippen molar-refractivity contribution < 1.29 is 46.7 Å². The third-order valence-corrected chi connectivity index (χ3v) is 7.39. The number of carbonyl (C=O) groups excluding carboxylic acids is 4. The summed E-state index contributed by atoms with van der Waals surface area (Å²) in [6.07, 6.45) is -1.69. The Labute approximate surface area is 228 Å².